The molecule has 5 rings (SSSR count). The first-order valence-corrected chi connectivity index (χ1v) is 18.8. The van der Waals surface area contributed by atoms with Crippen molar-refractivity contribution in [2.75, 3.05) is 13.2 Å². The fourth-order valence-corrected chi connectivity index (χ4v) is 17.7. The van der Waals surface area contributed by atoms with Crippen molar-refractivity contribution >= 4 is 28.3 Å². The van der Waals surface area contributed by atoms with Crippen LogP contribution in [0.5, 0.6) is 0 Å². The molecule has 0 radical (unpaired) electrons. The minimum Gasteiger partial charge on any atom is -0.414 e. The molecule has 0 amide bonds. The zero-order chi connectivity index (χ0) is 28.8. The van der Waals surface area contributed by atoms with Crippen LogP contribution >= 0.6 is 0 Å². The molecular formula is C27H46N4O7Si2. The highest BCUT2D eigenvalue weighted by molar-refractivity contribution is 6.84. The van der Waals surface area contributed by atoms with Crippen molar-refractivity contribution in [3.63, 3.8) is 0 Å². The molecule has 13 heteroatoms. The molecule has 3 aliphatic heterocycles. The lowest BCUT2D eigenvalue weighted by atomic mass is 10.1. The highest BCUT2D eigenvalue weighted by atomic mass is 28.5. The number of H-pyrrole nitrogens is 1. The van der Waals surface area contributed by atoms with Crippen molar-refractivity contribution in [2.24, 2.45) is 0 Å². The summed E-state index contributed by atoms with van der Waals surface area (Å²) >= 11 is 0. The number of hydrogen-bond donors (Lipinski definition) is 1. The van der Waals surface area contributed by atoms with Gasteiger partial charge in [0, 0.05) is 6.61 Å². The molecule has 2 aromatic heterocycles. The van der Waals surface area contributed by atoms with Crippen LogP contribution in [0.4, 0.5) is 0 Å². The van der Waals surface area contributed by atoms with Crippen LogP contribution in [0, 0.1) is 0 Å². The molecule has 3 fully saturated rings. The molecule has 5 heterocycles. The summed E-state index contributed by atoms with van der Waals surface area (Å²) in [6.45, 7) is 18.6. The summed E-state index contributed by atoms with van der Waals surface area (Å²) < 4.78 is 43.0. The first-order valence-electron chi connectivity index (χ1n) is 14.8. The van der Waals surface area contributed by atoms with E-state index in [-0.39, 0.29) is 39.5 Å². The number of nitrogens with zero attached hydrogens (tertiary/aromatic N) is 3. The monoisotopic (exact) mass is 594 g/mol. The van der Waals surface area contributed by atoms with E-state index in [0.29, 0.717) is 18.9 Å². The number of hydrogen-bond acceptors (Lipinski definition) is 9. The average Bonchev–Trinajstić information content (AvgIpc) is 3.46. The Hall–Kier alpha value is -1.46. The van der Waals surface area contributed by atoms with Crippen molar-refractivity contribution in [1.29, 1.82) is 0 Å². The maximum atomic E-state index is 12.5. The van der Waals surface area contributed by atoms with Gasteiger partial charge in [-0.3, -0.25) is 9.36 Å². The molecule has 3 aliphatic rings. The van der Waals surface area contributed by atoms with Crippen LogP contribution in [-0.4, -0.2) is 74.5 Å². The molecular weight excluding hydrogens is 548 g/mol. The molecule has 5 atom stereocenters. The fourth-order valence-electron chi connectivity index (χ4n) is 6.53. The van der Waals surface area contributed by atoms with E-state index < -0.39 is 41.7 Å². The normalized spacial score (nSPS) is 30.8. The summed E-state index contributed by atoms with van der Waals surface area (Å²) in [5.41, 5.74) is 1.17. The van der Waals surface area contributed by atoms with Gasteiger partial charge in [-0.15, -0.1) is 0 Å². The van der Waals surface area contributed by atoms with Crippen molar-refractivity contribution in [3.8, 4) is 0 Å². The zero-order valence-corrected chi connectivity index (χ0v) is 27.1. The van der Waals surface area contributed by atoms with Gasteiger partial charge >= 0.3 is 17.1 Å². The maximum Gasteiger partial charge on any atom is 0.335 e. The number of fused-ring (bicyclic) bond motifs is 2. The van der Waals surface area contributed by atoms with Gasteiger partial charge in [-0.2, -0.15) is 0 Å². The number of imidazole rings is 1. The lowest BCUT2D eigenvalue weighted by molar-refractivity contribution is -0.214. The Morgan fingerprint density at radius 2 is 1.70 bits per heavy atom. The Kier molecular flexibility index (Phi) is 8.76. The molecule has 2 aromatic rings. The Morgan fingerprint density at radius 1 is 1.00 bits per heavy atom. The second-order valence-corrected chi connectivity index (χ2v) is 21.4. The summed E-state index contributed by atoms with van der Waals surface area (Å²) in [6.07, 6.45) is 3.40. The maximum absolute atomic E-state index is 12.5. The van der Waals surface area contributed by atoms with E-state index in [2.05, 4.69) is 70.3 Å². The lowest BCUT2D eigenvalue weighted by Crippen LogP contribution is -2.66. The first-order chi connectivity index (χ1) is 19.0. The van der Waals surface area contributed by atoms with Gasteiger partial charge in [-0.05, 0) is 41.4 Å². The fraction of sp³-hybridized carbons (Fsp3) is 0.815. The standard InChI is InChI=1S/C27H46N4O7Si2/c1-16(2)39(17(3)4)34-13-20-23(37-40(38-39,18(5)6)19(7)8)24(36-21-11-9-10-12-33-21)27(35-20)31-15-30-22-25(31)28-14-29-26(22)32/h14-21,23-24,27H,9-13H2,1-8H3,(H,28,29,32)/t20?,21?,23-,24-,27?/m1/s1. The third-order valence-corrected chi connectivity index (χ3v) is 19.0. The second kappa shape index (κ2) is 11.7. The molecule has 224 valence electrons. The first kappa shape index (κ1) is 30.0. The highest BCUT2D eigenvalue weighted by Crippen LogP contribution is 2.49. The quantitative estimate of drug-likeness (QED) is 0.447. The Labute approximate surface area is 238 Å². The zero-order valence-electron chi connectivity index (χ0n) is 25.1. The predicted octanol–water partition coefficient (Wildman–Crippen LogP) is 4.89. The van der Waals surface area contributed by atoms with Gasteiger partial charge in [0.15, 0.2) is 23.7 Å². The number of ether oxygens (including phenoxy) is 3. The van der Waals surface area contributed by atoms with E-state index in [0.717, 1.165) is 19.3 Å². The van der Waals surface area contributed by atoms with Crippen molar-refractivity contribution in [3.05, 3.63) is 23.0 Å². The number of nitrogens with one attached hydrogen (secondary N) is 1. The van der Waals surface area contributed by atoms with Crippen LogP contribution in [0.2, 0.25) is 22.2 Å². The van der Waals surface area contributed by atoms with E-state index in [4.69, 9.17) is 27.2 Å². The van der Waals surface area contributed by atoms with Gasteiger partial charge in [0.1, 0.15) is 18.3 Å². The molecule has 40 heavy (non-hydrogen) atoms. The van der Waals surface area contributed by atoms with E-state index in [1.807, 2.05) is 0 Å². The molecule has 0 bridgehead atoms. The summed E-state index contributed by atoms with van der Waals surface area (Å²) in [7, 11) is -5.64. The Bertz CT molecular complexity index is 1200. The summed E-state index contributed by atoms with van der Waals surface area (Å²) in [4.78, 5) is 23.9. The largest absolute Gasteiger partial charge is 0.414 e. The van der Waals surface area contributed by atoms with Crippen LogP contribution in [0.25, 0.3) is 11.2 Å². The van der Waals surface area contributed by atoms with Gasteiger partial charge in [-0.1, -0.05) is 55.4 Å². The molecule has 11 nitrogen and oxygen atoms in total. The predicted molar refractivity (Wildman–Crippen MR) is 154 cm³/mol. The minimum absolute atomic E-state index is 0.166. The van der Waals surface area contributed by atoms with E-state index in [9.17, 15) is 4.79 Å². The third-order valence-electron chi connectivity index (χ3n) is 8.70. The van der Waals surface area contributed by atoms with Crippen LogP contribution in [0.1, 0.15) is 80.9 Å². The summed E-state index contributed by atoms with van der Waals surface area (Å²) in [6, 6.07) is 0. The van der Waals surface area contributed by atoms with Crippen molar-refractivity contribution in [2.45, 2.75) is 128 Å². The molecule has 1 N–H and O–H groups in total. The van der Waals surface area contributed by atoms with E-state index >= 15 is 0 Å². The van der Waals surface area contributed by atoms with Crippen molar-refractivity contribution in [1.82, 2.24) is 19.5 Å². The molecule has 0 aromatic carbocycles. The van der Waals surface area contributed by atoms with Crippen LogP contribution in [0.3, 0.4) is 0 Å². The number of aromatic nitrogens is 4. The number of aromatic amines is 1. The Morgan fingerprint density at radius 3 is 2.33 bits per heavy atom. The van der Waals surface area contributed by atoms with E-state index in [1.54, 1.807) is 10.9 Å². The van der Waals surface area contributed by atoms with Gasteiger partial charge in [0.2, 0.25) is 0 Å². The SMILES string of the molecule is CC(C)[Si]1(C(C)C)OCC2OC(n3cnc4c(=O)[nH]cnc43)[C@H](OC3CCCCO3)[C@@H]2O[Si](C(C)C)(C(C)C)O1. The molecule has 3 saturated heterocycles. The van der Waals surface area contributed by atoms with Gasteiger partial charge in [0.25, 0.3) is 5.56 Å². The highest BCUT2D eigenvalue weighted by Gasteiger charge is 2.62. The van der Waals surface area contributed by atoms with Crippen LogP contribution in [-0.2, 0) is 27.2 Å². The molecule has 0 spiro atoms. The van der Waals surface area contributed by atoms with E-state index in [1.165, 1.54) is 6.33 Å². The molecule has 3 unspecified atom stereocenters. The number of rotatable bonds is 7. The average molecular weight is 595 g/mol. The van der Waals surface area contributed by atoms with Gasteiger partial charge in [0.05, 0.1) is 19.3 Å². The Balaban J connectivity index is 1.61. The molecule has 0 saturated carbocycles. The second-order valence-electron chi connectivity index (χ2n) is 12.6. The van der Waals surface area contributed by atoms with Crippen LogP contribution in [0.15, 0.2) is 17.4 Å². The lowest BCUT2D eigenvalue weighted by Gasteiger charge is -2.51. The summed E-state index contributed by atoms with van der Waals surface area (Å²) in [5, 5.41) is 0. The summed E-state index contributed by atoms with van der Waals surface area (Å²) in [5.74, 6) is 0. The van der Waals surface area contributed by atoms with Crippen LogP contribution < -0.4 is 5.56 Å². The molecule has 0 aliphatic carbocycles. The third kappa shape index (κ3) is 5.17. The van der Waals surface area contributed by atoms with Gasteiger partial charge < -0.3 is 32.2 Å². The van der Waals surface area contributed by atoms with Gasteiger partial charge in [-0.25, -0.2) is 9.97 Å². The van der Waals surface area contributed by atoms with Crippen molar-refractivity contribution < 1.29 is 27.2 Å². The topological polar surface area (TPSA) is 119 Å². The smallest absolute Gasteiger partial charge is 0.335 e. The minimum atomic E-state index is -2.91.